The van der Waals surface area contributed by atoms with Gasteiger partial charge in [-0.2, -0.15) is 4.31 Å². The first kappa shape index (κ1) is 20.5. The molecule has 3 rings (SSSR count). The lowest BCUT2D eigenvalue weighted by Gasteiger charge is -2.38. The summed E-state index contributed by atoms with van der Waals surface area (Å²) in [7, 11) is -3.60. The molecule has 1 aromatic carbocycles. The minimum atomic E-state index is -3.60. The van der Waals surface area contributed by atoms with E-state index in [1.54, 1.807) is 24.3 Å². The quantitative estimate of drug-likeness (QED) is 0.702. The fourth-order valence-electron chi connectivity index (χ4n) is 3.81. The number of rotatable bonds is 5. The monoisotopic (exact) mass is 406 g/mol. The highest BCUT2D eigenvalue weighted by molar-refractivity contribution is 7.89. The molecule has 0 unspecified atom stereocenters. The summed E-state index contributed by atoms with van der Waals surface area (Å²) in [6.07, 6.45) is 0.124. The number of hydrogen-bond donors (Lipinski definition) is 0. The van der Waals surface area contributed by atoms with Crippen LogP contribution in [0.4, 0.5) is 4.79 Å². The van der Waals surface area contributed by atoms with Crippen LogP contribution >= 0.6 is 0 Å². The average molecular weight is 407 g/mol. The van der Waals surface area contributed by atoms with E-state index in [2.05, 4.69) is 6.58 Å². The molecule has 0 bridgehead atoms. The Morgan fingerprint density at radius 1 is 1.25 bits per heavy atom. The zero-order valence-corrected chi connectivity index (χ0v) is 17.1. The standard InChI is InChI=1S/C20H26N2O5S/c1-14(2)18-13-21(28(25,26)17-6-4-15(3)5-7-17)9-8-16(18)12-19(23)22-10-11-27-20(22)24/h4-7,16,18H,1,8-13H2,2-3H3/t16-,18-/m0/s1. The van der Waals surface area contributed by atoms with Crippen molar-refractivity contribution in [2.75, 3.05) is 26.2 Å². The van der Waals surface area contributed by atoms with E-state index in [9.17, 15) is 18.0 Å². The second kappa shape index (κ2) is 8.05. The van der Waals surface area contributed by atoms with Gasteiger partial charge in [0.2, 0.25) is 15.9 Å². The third kappa shape index (κ3) is 4.12. The van der Waals surface area contributed by atoms with Crippen molar-refractivity contribution in [2.45, 2.75) is 31.6 Å². The van der Waals surface area contributed by atoms with Crippen LogP contribution in [0.3, 0.4) is 0 Å². The average Bonchev–Trinajstić information content (AvgIpc) is 3.08. The predicted molar refractivity (Wildman–Crippen MR) is 104 cm³/mol. The van der Waals surface area contributed by atoms with E-state index in [-0.39, 0.29) is 48.8 Å². The van der Waals surface area contributed by atoms with Gasteiger partial charge in [-0.15, -0.1) is 0 Å². The molecule has 2 saturated heterocycles. The molecule has 0 spiro atoms. The Kier molecular flexibility index (Phi) is 5.90. The van der Waals surface area contributed by atoms with Crippen molar-refractivity contribution in [3.8, 4) is 0 Å². The van der Waals surface area contributed by atoms with E-state index < -0.39 is 16.1 Å². The van der Waals surface area contributed by atoms with Crippen LogP contribution in [-0.2, 0) is 19.6 Å². The van der Waals surface area contributed by atoms with Crippen LogP contribution in [0.25, 0.3) is 0 Å². The Morgan fingerprint density at radius 2 is 1.93 bits per heavy atom. The molecule has 28 heavy (non-hydrogen) atoms. The zero-order chi connectivity index (χ0) is 20.5. The number of carbonyl (C=O) groups excluding carboxylic acids is 2. The maximum atomic E-state index is 13.0. The molecular weight excluding hydrogens is 380 g/mol. The molecule has 0 radical (unpaired) electrons. The summed E-state index contributed by atoms with van der Waals surface area (Å²) in [5.74, 6) is -0.465. The molecule has 0 saturated carbocycles. The van der Waals surface area contributed by atoms with Gasteiger partial charge in [0, 0.05) is 19.5 Å². The van der Waals surface area contributed by atoms with Crippen LogP contribution < -0.4 is 0 Å². The summed E-state index contributed by atoms with van der Waals surface area (Å²) in [6, 6.07) is 6.80. The van der Waals surface area contributed by atoms with Gasteiger partial charge in [-0.25, -0.2) is 18.1 Å². The van der Waals surface area contributed by atoms with Crippen LogP contribution in [0.2, 0.25) is 0 Å². The lowest BCUT2D eigenvalue weighted by molar-refractivity contribution is -0.129. The molecule has 2 fully saturated rings. The van der Waals surface area contributed by atoms with Gasteiger partial charge in [-0.3, -0.25) is 4.79 Å². The highest BCUT2D eigenvalue weighted by Gasteiger charge is 2.38. The number of piperidine rings is 1. The van der Waals surface area contributed by atoms with Crippen molar-refractivity contribution in [1.82, 2.24) is 9.21 Å². The Labute approximate surface area is 166 Å². The van der Waals surface area contributed by atoms with E-state index in [4.69, 9.17) is 4.74 Å². The van der Waals surface area contributed by atoms with Crippen LogP contribution in [-0.4, -0.2) is 55.9 Å². The maximum absolute atomic E-state index is 13.0. The van der Waals surface area contributed by atoms with Gasteiger partial charge in [-0.1, -0.05) is 29.8 Å². The maximum Gasteiger partial charge on any atom is 0.416 e. The number of cyclic esters (lactones) is 1. The van der Waals surface area contributed by atoms with Gasteiger partial charge in [0.15, 0.2) is 0 Å². The van der Waals surface area contributed by atoms with Gasteiger partial charge in [0.05, 0.1) is 11.4 Å². The topological polar surface area (TPSA) is 84.0 Å². The molecule has 2 atom stereocenters. The van der Waals surface area contributed by atoms with Gasteiger partial charge in [0.1, 0.15) is 6.61 Å². The van der Waals surface area contributed by atoms with Gasteiger partial charge < -0.3 is 4.74 Å². The SMILES string of the molecule is C=C(C)[C@@H]1CN(S(=O)(=O)c2ccc(C)cc2)CC[C@H]1CC(=O)N1CCOC1=O. The molecule has 0 aliphatic carbocycles. The molecule has 1 aromatic rings. The minimum absolute atomic E-state index is 0.0529. The first-order valence-electron chi connectivity index (χ1n) is 9.39. The Balaban J connectivity index is 1.73. The first-order chi connectivity index (χ1) is 13.2. The molecule has 0 N–H and O–H groups in total. The van der Waals surface area contributed by atoms with Crippen molar-refractivity contribution in [3.63, 3.8) is 0 Å². The molecule has 8 heteroatoms. The molecule has 2 amide bonds. The fourth-order valence-corrected chi connectivity index (χ4v) is 5.29. The number of ether oxygens (including phenoxy) is 1. The minimum Gasteiger partial charge on any atom is -0.447 e. The highest BCUT2D eigenvalue weighted by atomic mass is 32.2. The first-order valence-corrected chi connectivity index (χ1v) is 10.8. The Bertz CT molecular complexity index is 878. The number of amides is 2. The smallest absolute Gasteiger partial charge is 0.416 e. The zero-order valence-electron chi connectivity index (χ0n) is 16.3. The lowest BCUT2D eigenvalue weighted by atomic mass is 9.80. The van der Waals surface area contributed by atoms with Gasteiger partial charge in [0.25, 0.3) is 0 Å². The van der Waals surface area contributed by atoms with Crippen molar-refractivity contribution >= 4 is 22.0 Å². The number of benzene rings is 1. The highest BCUT2D eigenvalue weighted by Crippen LogP contribution is 2.34. The van der Waals surface area contributed by atoms with Crippen LogP contribution in [0.1, 0.15) is 25.3 Å². The summed E-state index contributed by atoms with van der Waals surface area (Å²) in [5.41, 5.74) is 1.84. The third-order valence-corrected chi connectivity index (χ3v) is 7.39. The third-order valence-electron chi connectivity index (χ3n) is 5.51. The second-order valence-corrected chi connectivity index (χ2v) is 9.48. The largest absolute Gasteiger partial charge is 0.447 e. The molecule has 2 aliphatic rings. The number of carbonyl (C=O) groups is 2. The van der Waals surface area contributed by atoms with Crippen molar-refractivity contribution in [3.05, 3.63) is 42.0 Å². The Hall–Kier alpha value is -2.19. The molecule has 152 valence electrons. The number of aryl methyl sites for hydroxylation is 1. The number of sulfonamides is 1. The summed E-state index contributed by atoms with van der Waals surface area (Å²) < 4.78 is 32.3. The van der Waals surface area contributed by atoms with Crippen LogP contribution in [0.5, 0.6) is 0 Å². The summed E-state index contributed by atoms with van der Waals surface area (Å²) in [4.78, 5) is 25.5. The molecule has 2 heterocycles. The Morgan fingerprint density at radius 3 is 2.50 bits per heavy atom. The molecule has 2 aliphatic heterocycles. The number of nitrogens with zero attached hydrogens (tertiary/aromatic N) is 2. The number of imide groups is 1. The summed E-state index contributed by atoms with van der Waals surface area (Å²) >= 11 is 0. The summed E-state index contributed by atoms with van der Waals surface area (Å²) in [5, 5.41) is 0. The van der Waals surface area contributed by atoms with E-state index in [1.165, 1.54) is 4.31 Å². The number of hydrogen-bond acceptors (Lipinski definition) is 5. The molecule has 0 aromatic heterocycles. The summed E-state index contributed by atoms with van der Waals surface area (Å²) in [6.45, 7) is 8.90. The van der Waals surface area contributed by atoms with E-state index in [1.807, 2.05) is 13.8 Å². The van der Waals surface area contributed by atoms with Crippen molar-refractivity contribution in [2.24, 2.45) is 11.8 Å². The van der Waals surface area contributed by atoms with E-state index in [0.29, 0.717) is 13.0 Å². The van der Waals surface area contributed by atoms with Crippen LogP contribution in [0.15, 0.2) is 41.3 Å². The fraction of sp³-hybridized carbons (Fsp3) is 0.500. The van der Waals surface area contributed by atoms with Gasteiger partial charge >= 0.3 is 6.09 Å². The lowest BCUT2D eigenvalue weighted by Crippen LogP contribution is -2.45. The van der Waals surface area contributed by atoms with Crippen molar-refractivity contribution < 1.29 is 22.7 Å². The van der Waals surface area contributed by atoms with Gasteiger partial charge in [-0.05, 0) is 44.2 Å². The van der Waals surface area contributed by atoms with Crippen LogP contribution in [0, 0.1) is 18.8 Å². The molecular formula is C20H26N2O5S. The second-order valence-electron chi connectivity index (χ2n) is 7.54. The van der Waals surface area contributed by atoms with Crippen molar-refractivity contribution in [1.29, 1.82) is 0 Å². The predicted octanol–water partition coefficient (Wildman–Crippen LogP) is 2.57. The molecule has 7 nitrogen and oxygen atoms in total. The van der Waals surface area contributed by atoms with E-state index >= 15 is 0 Å². The normalized spacial score (nSPS) is 23.5. The van der Waals surface area contributed by atoms with E-state index in [0.717, 1.165) is 16.0 Å².